The Bertz CT molecular complexity index is 628. The molecule has 0 radical (unpaired) electrons. The lowest BCUT2D eigenvalue weighted by molar-refractivity contribution is -0.140. The van der Waals surface area contributed by atoms with Crippen molar-refractivity contribution in [3.8, 4) is 0 Å². The van der Waals surface area contributed by atoms with Crippen LogP contribution in [-0.4, -0.2) is 22.9 Å². The summed E-state index contributed by atoms with van der Waals surface area (Å²) in [4.78, 5) is 7.18. The number of rotatable bonds is 4. The van der Waals surface area contributed by atoms with E-state index in [1.54, 1.807) is 26.0 Å². The lowest BCUT2D eigenvalue weighted by Gasteiger charge is -2.17. The van der Waals surface area contributed by atoms with Crippen LogP contribution in [0.25, 0.3) is 10.9 Å². The number of alkyl halides is 4. The maximum Gasteiger partial charge on any atom is 0.365 e. The Morgan fingerprint density at radius 2 is 1.95 bits per heavy atom. The quantitative estimate of drug-likeness (QED) is 0.871. The first-order valence-corrected chi connectivity index (χ1v) is 6.05. The molecule has 0 atom stereocenters. The van der Waals surface area contributed by atoms with Crippen molar-refractivity contribution in [1.29, 1.82) is 0 Å². The molecule has 20 heavy (non-hydrogen) atoms. The zero-order valence-electron chi connectivity index (χ0n) is 10.9. The summed E-state index contributed by atoms with van der Waals surface area (Å²) < 4.78 is 51.7. The Balaban J connectivity index is 2.72. The van der Waals surface area contributed by atoms with E-state index in [1.165, 1.54) is 6.07 Å². The van der Waals surface area contributed by atoms with E-state index in [0.717, 1.165) is 5.56 Å². The normalized spacial score (nSPS) is 12.2. The third-order valence-electron chi connectivity index (χ3n) is 2.85. The van der Waals surface area contributed by atoms with Crippen molar-refractivity contribution >= 4 is 16.7 Å². The number of aryl methyl sites for hydroxylation is 1. The molecule has 1 heterocycles. The van der Waals surface area contributed by atoms with Crippen LogP contribution in [0.5, 0.6) is 0 Å². The second-order valence-corrected chi connectivity index (χ2v) is 4.32. The van der Waals surface area contributed by atoms with Gasteiger partial charge in [-0.05, 0) is 25.5 Å². The van der Waals surface area contributed by atoms with Gasteiger partial charge in [0.25, 0.3) is 0 Å². The van der Waals surface area contributed by atoms with Gasteiger partial charge in [-0.15, -0.1) is 0 Å². The lowest BCUT2D eigenvalue weighted by Crippen LogP contribution is -2.27. The van der Waals surface area contributed by atoms with Gasteiger partial charge in [-0.1, -0.05) is 12.1 Å². The highest BCUT2D eigenvalue weighted by Gasteiger charge is 2.46. The first kappa shape index (κ1) is 14.5. The van der Waals surface area contributed by atoms with Crippen LogP contribution in [0.3, 0.4) is 0 Å². The van der Waals surface area contributed by atoms with Crippen LogP contribution in [0, 0.1) is 6.92 Å². The summed E-state index contributed by atoms with van der Waals surface area (Å²) in [6.45, 7) is 3.97. The number of hydrogen-bond acceptors (Lipinski definition) is 3. The average Bonchev–Trinajstić information content (AvgIpc) is 2.38. The van der Waals surface area contributed by atoms with E-state index in [0.29, 0.717) is 11.9 Å². The van der Waals surface area contributed by atoms with Gasteiger partial charge < -0.3 is 5.32 Å². The molecule has 7 heteroatoms. The van der Waals surface area contributed by atoms with Crippen molar-refractivity contribution in [2.75, 3.05) is 11.9 Å². The maximum atomic E-state index is 13.4. The summed E-state index contributed by atoms with van der Waals surface area (Å²) >= 11 is 0. The molecular weight excluding hydrogens is 274 g/mol. The van der Waals surface area contributed by atoms with E-state index in [2.05, 4.69) is 15.3 Å². The fraction of sp³-hybridized carbons (Fsp3) is 0.385. The highest BCUT2D eigenvalue weighted by Crippen LogP contribution is 2.35. The van der Waals surface area contributed by atoms with Crippen molar-refractivity contribution in [3.05, 3.63) is 29.6 Å². The summed E-state index contributed by atoms with van der Waals surface area (Å²) in [7, 11) is 0. The molecule has 2 aromatic rings. The third-order valence-corrected chi connectivity index (χ3v) is 2.85. The molecule has 0 saturated carbocycles. The molecule has 108 valence electrons. The van der Waals surface area contributed by atoms with Gasteiger partial charge in [-0.2, -0.15) is 8.78 Å². The van der Waals surface area contributed by atoms with Crippen molar-refractivity contribution in [2.24, 2.45) is 0 Å². The van der Waals surface area contributed by atoms with Gasteiger partial charge in [0.05, 0.1) is 5.52 Å². The van der Waals surface area contributed by atoms with Gasteiger partial charge in [0.15, 0.2) is 0 Å². The van der Waals surface area contributed by atoms with E-state index >= 15 is 0 Å². The molecule has 1 aromatic heterocycles. The topological polar surface area (TPSA) is 37.8 Å². The number of hydrogen-bond donors (Lipinski definition) is 1. The van der Waals surface area contributed by atoms with Gasteiger partial charge in [-0.25, -0.2) is 18.7 Å². The molecule has 0 aliphatic carbocycles. The number of nitrogens with one attached hydrogen (secondary N) is 1. The molecule has 0 unspecified atom stereocenters. The average molecular weight is 287 g/mol. The largest absolute Gasteiger partial charge is 0.370 e. The lowest BCUT2D eigenvalue weighted by atomic mass is 10.1. The second kappa shape index (κ2) is 5.22. The summed E-state index contributed by atoms with van der Waals surface area (Å²) in [6.07, 6.45) is -3.85. The monoisotopic (exact) mass is 287 g/mol. The van der Waals surface area contributed by atoms with Crippen LogP contribution < -0.4 is 5.32 Å². The van der Waals surface area contributed by atoms with Gasteiger partial charge in [0, 0.05) is 11.9 Å². The predicted molar refractivity (Wildman–Crippen MR) is 68.3 cm³/mol. The summed E-state index contributed by atoms with van der Waals surface area (Å²) in [5.74, 6) is -5.39. The molecule has 1 aromatic carbocycles. The molecule has 2 rings (SSSR count). The highest BCUT2D eigenvalue weighted by molar-refractivity contribution is 5.92. The van der Waals surface area contributed by atoms with Gasteiger partial charge in [-0.3, -0.25) is 0 Å². The van der Waals surface area contributed by atoms with E-state index in [-0.39, 0.29) is 11.3 Å². The highest BCUT2D eigenvalue weighted by atomic mass is 19.3. The van der Waals surface area contributed by atoms with Gasteiger partial charge in [0.1, 0.15) is 5.82 Å². The van der Waals surface area contributed by atoms with Crippen LogP contribution >= 0.6 is 0 Å². The summed E-state index contributed by atoms with van der Waals surface area (Å²) in [5.41, 5.74) is 0.997. The second-order valence-electron chi connectivity index (χ2n) is 4.32. The van der Waals surface area contributed by atoms with Crippen LogP contribution in [-0.2, 0) is 5.92 Å². The standard InChI is InChI=1S/C13H13F4N3/c1-3-18-10-9-7(2)5-4-6-8(9)19-12(20-10)13(16,17)11(14)15/h4-6,11H,3H2,1-2H3,(H,18,19,20). The van der Waals surface area contributed by atoms with Gasteiger partial charge in [0.2, 0.25) is 5.82 Å². The third kappa shape index (κ3) is 2.39. The number of aromatic nitrogens is 2. The van der Waals surface area contributed by atoms with Crippen molar-refractivity contribution in [3.63, 3.8) is 0 Å². The maximum absolute atomic E-state index is 13.4. The Labute approximate surface area is 113 Å². The number of fused-ring (bicyclic) bond motifs is 1. The smallest absolute Gasteiger partial charge is 0.365 e. The van der Waals surface area contributed by atoms with Crippen molar-refractivity contribution in [2.45, 2.75) is 26.2 Å². The number of anilines is 1. The van der Waals surface area contributed by atoms with Gasteiger partial charge >= 0.3 is 12.3 Å². The summed E-state index contributed by atoms with van der Waals surface area (Å²) in [5, 5.41) is 3.37. The molecule has 0 aliphatic rings. The van der Waals surface area contributed by atoms with Crippen LogP contribution in [0.2, 0.25) is 0 Å². The molecule has 0 spiro atoms. The first-order valence-electron chi connectivity index (χ1n) is 6.05. The molecule has 0 bridgehead atoms. The van der Waals surface area contributed by atoms with E-state index < -0.39 is 18.2 Å². The molecule has 0 aliphatic heterocycles. The van der Waals surface area contributed by atoms with Crippen LogP contribution in [0.4, 0.5) is 23.4 Å². The fourth-order valence-corrected chi connectivity index (χ4v) is 1.90. The molecule has 3 nitrogen and oxygen atoms in total. The first-order chi connectivity index (χ1) is 9.37. The van der Waals surface area contributed by atoms with E-state index in [1.807, 2.05) is 0 Å². The summed E-state index contributed by atoms with van der Waals surface area (Å²) in [6, 6.07) is 4.90. The predicted octanol–water partition coefficient (Wildman–Crippen LogP) is 3.73. The Kier molecular flexibility index (Phi) is 3.78. The van der Waals surface area contributed by atoms with E-state index in [4.69, 9.17) is 0 Å². The number of halogens is 4. The van der Waals surface area contributed by atoms with Crippen LogP contribution in [0.1, 0.15) is 18.3 Å². The molecular formula is C13H13F4N3. The number of benzene rings is 1. The Hall–Kier alpha value is -1.92. The Morgan fingerprint density at radius 3 is 2.55 bits per heavy atom. The molecule has 0 amide bonds. The zero-order chi connectivity index (χ0) is 14.9. The van der Waals surface area contributed by atoms with Crippen molar-refractivity contribution in [1.82, 2.24) is 9.97 Å². The fourth-order valence-electron chi connectivity index (χ4n) is 1.90. The molecule has 1 N–H and O–H groups in total. The minimum Gasteiger partial charge on any atom is -0.370 e. The zero-order valence-corrected chi connectivity index (χ0v) is 10.9. The minimum absolute atomic E-state index is 0.144. The van der Waals surface area contributed by atoms with Crippen molar-refractivity contribution < 1.29 is 17.6 Å². The minimum atomic E-state index is -4.37. The number of nitrogens with zero attached hydrogens (tertiary/aromatic N) is 2. The van der Waals surface area contributed by atoms with E-state index in [9.17, 15) is 17.6 Å². The Morgan fingerprint density at radius 1 is 1.25 bits per heavy atom. The molecule has 0 saturated heterocycles. The molecule has 0 fully saturated rings. The van der Waals surface area contributed by atoms with Crippen LogP contribution in [0.15, 0.2) is 18.2 Å². The SMILES string of the molecule is CCNc1nc(C(F)(F)C(F)F)nc2cccc(C)c12.